The average Bonchev–Trinajstić information content (AvgIpc) is 3.02. The Morgan fingerprint density at radius 3 is 2.57 bits per heavy atom. The minimum Gasteiger partial charge on any atom is -0.393 e. The quantitative estimate of drug-likeness (QED) is 0.376. The van der Waals surface area contributed by atoms with Gasteiger partial charge in [0.2, 0.25) is 0 Å². The summed E-state index contributed by atoms with van der Waals surface area (Å²) in [5.41, 5.74) is 2.27. The Labute approximate surface area is 175 Å². The van der Waals surface area contributed by atoms with Crippen LogP contribution in [-0.2, 0) is 0 Å². The third-order valence-corrected chi connectivity index (χ3v) is 9.20. The normalized spacial score (nSPS) is 42.0. The number of fused-ring (bicyclic) bond motifs is 5. The summed E-state index contributed by atoms with van der Waals surface area (Å²) in [7, 11) is 0. The van der Waals surface area contributed by atoms with Crippen molar-refractivity contribution in [1.82, 2.24) is 0 Å². The van der Waals surface area contributed by atoms with E-state index in [2.05, 4.69) is 26.8 Å². The minimum atomic E-state index is -0.0513. The van der Waals surface area contributed by atoms with Gasteiger partial charge in [0.15, 0.2) is 0 Å². The van der Waals surface area contributed by atoms with E-state index in [0.717, 1.165) is 48.3 Å². The van der Waals surface area contributed by atoms with Gasteiger partial charge in [-0.05, 0) is 98.7 Å². The molecule has 1 N–H and O–H groups in total. The van der Waals surface area contributed by atoms with Crippen LogP contribution < -0.4 is 0 Å². The lowest BCUT2D eigenvalue weighted by Crippen LogP contribution is -2.46. The van der Waals surface area contributed by atoms with Gasteiger partial charge >= 0.3 is 0 Å². The molecule has 3 fully saturated rings. The Kier molecular flexibility index (Phi) is 7.73. The Morgan fingerprint density at radius 2 is 1.82 bits per heavy atom. The van der Waals surface area contributed by atoms with E-state index in [-0.39, 0.29) is 6.10 Å². The molecule has 0 amide bonds. The van der Waals surface area contributed by atoms with Crippen LogP contribution in [0.15, 0.2) is 11.6 Å². The summed E-state index contributed by atoms with van der Waals surface area (Å²) in [4.78, 5) is 0. The fourth-order valence-corrected chi connectivity index (χ4v) is 7.78. The summed E-state index contributed by atoms with van der Waals surface area (Å²) < 4.78 is 0. The fourth-order valence-electron chi connectivity index (χ4n) is 7.78. The maximum absolute atomic E-state index is 10.1. The van der Waals surface area contributed by atoms with Gasteiger partial charge in [-0.1, -0.05) is 65.5 Å². The zero-order valence-electron chi connectivity index (χ0n) is 19.6. The molecule has 0 aromatic heterocycles. The van der Waals surface area contributed by atoms with Crippen LogP contribution in [0.2, 0.25) is 0 Å². The molecule has 4 aliphatic carbocycles. The summed E-state index contributed by atoms with van der Waals surface area (Å²) in [6.45, 7) is 11.4. The zero-order chi connectivity index (χ0) is 20.3. The van der Waals surface area contributed by atoms with Gasteiger partial charge in [0, 0.05) is 0 Å². The van der Waals surface area contributed by atoms with E-state index >= 15 is 0 Å². The number of allylic oxidation sites excluding steroid dienone is 1. The predicted octanol–water partition coefficient (Wildman–Crippen LogP) is 7.78. The van der Waals surface area contributed by atoms with E-state index < -0.39 is 0 Å². The van der Waals surface area contributed by atoms with Crippen LogP contribution in [0.4, 0.5) is 0 Å². The van der Waals surface area contributed by atoms with Gasteiger partial charge in [0.25, 0.3) is 0 Å². The number of hydrogen-bond donors (Lipinski definition) is 1. The summed E-state index contributed by atoms with van der Waals surface area (Å²) >= 11 is 0. The molecule has 3 saturated carbocycles. The first-order valence-corrected chi connectivity index (χ1v) is 12.9. The molecule has 7 unspecified atom stereocenters. The largest absolute Gasteiger partial charge is 0.393 e. The summed E-state index contributed by atoms with van der Waals surface area (Å²) in [5, 5.41) is 10.1. The standard InChI is InChI=1S/C25H42O.C2H6/c1-17(2)6-4-5-7-19-9-13-24-23-11-8-18-16-20(26)10-12-21(18)22(23)14-15-25(19,24)3;1-2/h8,17,19-24,26H,4-7,9-16H2,1-3H3;1-2H3. The van der Waals surface area contributed by atoms with E-state index in [9.17, 15) is 5.11 Å². The van der Waals surface area contributed by atoms with Crippen LogP contribution in [0.25, 0.3) is 0 Å². The second-order valence-electron chi connectivity index (χ2n) is 11.0. The van der Waals surface area contributed by atoms with Crippen LogP contribution in [0.3, 0.4) is 0 Å². The van der Waals surface area contributed by atoms with E-state index in [4.69, 9.17) is 0 Å². The molecule has 7 atom stereocenters. The molecule has 1 heteroatoms. The van der Waals surface area contributed by atoms with Crippen LogP contribution in [0, 0.1) is 40.9 Å². The Hall–Kier alpha value is -0.300. The SMILES string of the molecule is CC.CC(C)CCCCC1CCC2C3CC=C4CC(O)CCC4C3CCC12C. The zero-order valence-corrected chi connectivity index (χ0v) is 19.6. The lowest BCUT2D eigenvalue weighted by Gasteiger charge is -2.54. The van der Waals surface area contributed by atoms with E-state index in [1.54, 1.807) is 5.57 Å². The fraction of sp³-hybridized carbons (Fsp3) is 0.926. The van der Waals surface area contributed by atoms with Gasteiger partial charge in [-0.3, -0.25) is 0 Å². The molecule has 0 aromatic rings. The third kappa shape index (κ3) is 4.40. The number of unbranched alkanes of at least 4 members (excludes halogenated alkanes) is 1. The average molecular weight is 389 g/mol. The molecule has 0 radical (unpaired) electrons. The highest BCUT2D eigenvalue weighted by Crippen LogP contribution is 2.64. The van der Waals surface area contributed by atoms with Gasteiger partial charge in [-0.15, -0.1) is 0 Å². The van der Waals surface area contributed by atoms with Crippen molar-refractivity contribution in [3.63, 3.8) is 0 Å². The van der Waals surface area contributed by atoms with Gasteiger partial charge < -0.3 is 5.11 Å². The number of hydrogen-bond acceptors (Lipinski definition) is 1. The first-order valence-electron chi connectivity index (χ1n) is 12.9. The molecule has 4 rings (SSSR count). The van der Waals surface area contributed by atoms with Crippen molar-refractivity contribution >= 4 is 0 Å². The molecule has 0 aliphatic heterocycles. The number of rotatable bonds is 5. The Balaban J connectivity index is 0.00000109. The molecule has 0 spiro atoms. The summed E-state index contributed by atoms with van der Waals surface area (Å²) in [6.07, 6.45) is 18.9. The highest BCUT2D eigenvalue weighted by Gasteiger charge is 2.55. The molecule has 0 aromatic carbocycles. The van der Waals surface area contributed by atoms with Crippen molar-refractivity contribution in [2.45, 2.75) is 118 Å². The lowest BCUT2D eigenvalue weighted by molar-refractivity contribution is -0.0200. The smallest absolute Gasteiger partial charge is 0.0577 e. The third-order valence-electron chi connectivity index (χ3n) is 9.20. The van der Waals surface area contributed by atoms with E-state index in [1.807, 2.05) is 13.8 Å². The first kappa shape index (κ1) is 22.4. The van der Waals surface area contributed by atoms with Crippen LogP contribution in [0.1, 0.15) is 112 Å². The van der Waals surface area contributed by atoms with Gasteiger partial charge in [0.05, 0.1) is 6.10 Å². The lowest BCUT2D eigenvalue weighted by atomic mass is 9.51. The Bertz CT molecular complexity index is 520. The summed E-state index contributed by atoms with van der Waals surface area (Å²) in [5.74, 6) is 5.58. The number of aliphatic hydroxyl groups is 1. The second kappa shape index (κ2) is 9.67. The van der Waals surface area contributed by atoms with Crippen molar-refractivity contribution in [2.75, 3.05) is 0 Å². The maximum Gasteiger partial charge on any atom is 0.0577 e. The van der Waals surface area contributed by atoms with Crippen molar-refractivity contribution < 1.29 is 5.11 Å². The van der Waals surface area contributed by atoms with E-state index in [1.165, 1.54) is 64.2 Å². The molecule has 162 valence electrons. The van der Waals surface area contributed by atoms with Crippen molar-refractivity contribution in [1.29, 1.82) is 0 Å². The summed E-state index contributed by atoms with van der Waals surface area (Å²) in [6, 6.07) is 0. The van der Waals surface area contributed by atoms with Crippen LogP contribution in [-0.4, -0.2) is 11.2 Å². The molecule has 0 heterocycles. The second-order valence-corrected chi connectivity index (χ2v) is 11.0. The molecule has 0 saturated heterocycles. The molecule has 1 nitrogen and oxygen atoms in total. The molecule has 0 bridgehead atoms. The van der Waals surface area contributed by atoms with Crippen LogP contribution >= 0.6 is 0 Å². The monoisotopic (exact) mass is 388 g/mol. The number of aliphatic hydroxyl groups excluding tert-OH is 1. The molecular formula is C27H48O. The van der Waals surface area contributed by atoms with Gasteiger partial charge in [-0.25, -0.2) is 0 Å². The first-order chi connectivity index (χ1) is 13.5. The molecule has 28 heavy (non-hydrogen) atoms. The highest BCUT2D eigenvalue weighted by molar-refractivity contribution is 5.20. The van der Waals surface area contributed by atoms with Gasteiger partial charge in [0.1, 0.15) is 0 Å². The maximum atomic E-state index is 10.1. The van der Waals surface area contributed by atoms with Crippen molar-refractivity contribution in [2.24, 2.45) is 40.9 Å². The predicted molar refractivity (Wildman–Crippen MR) is 121 cm³/mol. The molecule has 4 aliphatic rings. The van der Waals surface area contributed by atoms with Crippen molar-refractivity contribution in [3.05, 3.63) is 11.6 Å². The Morgan fingerprint density at radius 1 is 1.04 bits per heavy atom. The van der Waals surface area contributed by atoms with Crippen LogP contribution in [0.5, 0.6) is 0 Å². The van der Waals surface area contributed by atoms with Crippen molar-refractivity contribution in [3.8, 4) is 0 Å². The molecular weight excluding hydrogens is 340 g/mol. The van der Waals surface area contributed by atoms with Gasteiger partial charge in [-0.2, -0.15) is 0 Å². The minimum absolute atomic E-state index is 0.0513. The van der Waals surface area contributed by atoms with E-state index in [0.29, 0.717) is 5.41 Å². The topological polar surface area (TPSA) is 20.2 Å². The highest BCUT2D eigenvalue weighted by atomic mass is 16.3.